The van der Waals surface area contributed by atoms with Crippen molar-refractivity contribution in [3.63, 3.8) is 0 Å². The number of nitrogens with zero attached hydrogens (tertiary/aromatic N) is 4. The summed E-state index contributed by atoms with van der Waals surface area (Å²) < 4.78 is 10.2. The molecule has 98 valence electrons. The SMILES string of the molecule is Cc1nc(CNc2nnc(CNC(C)C)o2)no1. The molecule has 8 nitrogen and oxygen atoms in total. The Morgan fingerprint density at radius 3 is 2.72 bits per heavy atom. The third kappa shape index (κ3) is 3.52. The molecule has 0 aromatic carbocycles. The van der Waals surface area contributed by atoms with Gasteiger partial charge >= 0.3 is 6.01 Å². The van der Waals surface area contributed by atoms with Gasteiger partial charge in [0.15, 0.2) is 5.82 Å². The fourth-order valence-corrected chi connectivity index (χ4v) is 1.26. The highest BCUT2D eigenvalue weighted by Crippen LogP contribution is 2.06. The maximum atomic E-state index is 5.38. The summed E-state index contributed by atoms with van der Waals surface area (Å²) in [4.78, 5) is 4.05. The molecule has 0 atom stereocenters. The van der Waals surface area contributed by atoms with Crippen LogP contribution in [-0.4, -0.2) is 26.4 Å². The molecule has 0 saturated carbocycles. The second-order valence-corrected chi connectivity index (χ2v) is 4.12. The van der Waals surface area contributed by atoms with E-state index in [2.05, 4.69) is 31.0 Å². The first kappa shape index (κ1) is 12.5. The lowest BCUT2D eigenvalue weighted by atomic mass is 10.4. The average molecular weight is 252 g/mol. The molecule has 0 saturated heterocycles. The third-order valence-electron chi connectivity index (χ3n) is 2.10. The van der Waals surface area contributed by atoms with E-state index in [1.54, 1.807) is 6.92 Å². The number of aryl methyl sites for hydroxylation is 1. The van der Waals surface area contributed by atoms with Crippen LogP contribution < -0.4 is 10.6 Å². The molecule has 0 fully saturated rings. The molecule has 0 aliphatic rings. The fraction of sp³-hybridized carbons (Fsp3) is 0.600. The van der Waals surface area contributed by atoms with E-state index >= 15 is 0 Å². The quantitative estimate of drug-likeness (QED) is 0.780. The number of nitrogens with one attached hydrogen (secondary N) is 2. The van der Waals surface area contributed by atoms with E-state index in [4.69, 9.17) is 8.94 Å². The fourth-order valence-electron chi connectivity index (χ4n) is 1.26. The van der Waals surface area contributed by atoms with Crippen LogP contribution in [-0.2, 0) is 13.1 Å². The van der Waals surface area contributed by atoms with Gasteiger partial charge in [-0.05, 0) is 0 Å². The lowest BCUT2D eigenvalue weighted by molar-refractivity contribution is 0.387. The molecular weight excluding hydrogens is 236 g/mol. The predicted molar refractivity (Wildman–Crippen MR) is 62.6 cm³/mol. The first-order valence-corrected chi connectivity index (χ1v) is 5.72. The second-order valence-electron chi connectivity index (χ2n) is 4.12. The Hall–Kier alpha value is -1.96. The molecule has 2 rings (SSSR count). The van der Waals surface area contributed by atoms with Crippen LogP contribution >= 0.6 is 0 Å². The summed E-state index contributed by atoms with van der Waals surface area (Å²) in [6.45, 7) is 6.77. The smallest absolute Gasteiger partial charge is 0.315 e. The van der Waals surface area contributed by atoms with E-state index in [0.29, 0.717) is 42.8 Å². The molecule has 0 bridgehead atoms. The van der Waals surface area contributed by atoms with Crippen molar-refractivity contribution in [1.82, 2.24) is 25.7 Å². The monoisotopic (exact) mass is 252 g/mol. The lowest BCUT2D eigenvalue weighted by Gasteiger charge is -2.03. The van der Waals surface area contributed by atoms with Crippen LogP contribution in [0.4, 0.5) is 6.01 Å². The maximum Gasteiger partial charge on any atom is 0.315 e. The summed E-state index contributed by atoms with van der Waals surface area (Å²) >= 11 is 0. The van der Waals surface area contributed by atoms with Crippen molar-refractivity contribution in [2.75, 3.05) is 5.32 Å². The van der Waals surface area contributed by atoms with Gasteiger partial charge in [0.05, 0.1) is 13.1 Å². The van der Waals surface area contributed by atoms with Gasteiger partial charge in [-0.25, -0.2) is 0 Å². The number of aromatic nitrogens is 4. The van der Waals surface area contributed by atoms with E-state index in [1.807, 2.05) is 13.8 Å². The molecule has 8 heteroatoms. The first-order chi connectivity index (χ1) is 8.63. The van der Waals surface area contributed by atoms with Crippen LogP contribution in [0.2, 0.25) is 0 Å². The summed E-state index contributed by atoms with van der Waals surface area (Å²) in [5, 5.41) is 17.6. The molecule has 0 amide bonds. The number of hydrogen-bond donors (Lipinski definition) is 2. The molecule has 0 radical (unpaired) electrons. The van der Waals surface area contributed by atoms with E-state index in [1.165, 1.54) is 0 Å². The first-order valence-electron chi connectivity index (χ1n) is 5.72. The number of hydrogen-bond acceptors (Lipinski definition) is 8. The number of anilines is 1. The minimum absolute atomic E-state index is 0.345. The molecule has 0 spiro atoms. The minimum Gasteiger partial charge on any atom is -0.407 e. The topological polar surface area (TPSA) is 102 Å². The van der Waals surface area contributed by atoms with Gasteiger partial charge in [-0.15, -0.1) is 5.10 Å². The Labute approximate surface area is 104 Å². The van der Waals surface area contributed by atoms with Gasteiger partial charge in [-0.1, -0.05) is 24.1 Å². The van der Waals surface area contributed by atoms with Crippen LogP contribution in [0.3, 0.4) is 0 Å². The predicted octanol–water partition coefficient (Wildman–Crippen LogP) is 0.871. The van der Waals surface area contributed by atoms with Crippen molar-refractivity contribution in [2.45, 2.75) is 39.9 Å². The van der Waals surface area contributed by atoms with Gasteiger partial charge in [0, 0.05) is 13.0 Å². The summed E-state index contributed by atoms with van der Waals surface area (Å²) in [5.74, 6) is 1.61. The van der Waals surface area contributed by atoms with Gasteiger partial charge < -0.3 is 19.6 Å². The molecule has 2 N–H and O–H groups in total. The van der Waals surface area contributed by atoms with Gasteiger partial charge in [-0.2, -0.15) is 4.98 Å². The van der Waals surface area contributed by atoms with Crippen molar-refractivity contribution in [3.05, 3.63) is 17.6 Å². The van der Waals surface area contributed by atoms with E-state index in [-0.39, 0.29) is 0 Å². The summed E-state index contributed by atoms with van der Waals surface area (Å²) in [7, 11) is 0. The normalized spacial score (nSPS) is 11.1. The largest absolute Gasteiger partial charge is 0.407 e. The molecule has 2 aromatic rings. The molecule has 18 heavy (non-hydrogen) atoms. The van der Waals surface area contributed by atoms with Crippen molar-refractivity contribution in [2.24, 2.45) is 0 Å². The van der Waals surface area contributed by atoms with Crippen molar-refractivity contribution < 1.29 is 8.94 Å². The average Bonchev–Trinajstić information content (AvgIpc) is 2.93. The Kier molecular flexibility index (Phi) is 3.88. The van der Waals surface area contributed by atoms with E-state index in [9.17, 15) is 0 Å². The third-order valence-corrected chi connectivity index (χ3v) is 2.10. The van der Waals surface area contributed by atoms with Crippen LogP contribution in [0.25, 0.3) is 0 Å². The molecule has 0 aliphatic carbocycles. The zero-order chi connectivity index (χ0) is 13.0. The molecule has 2 aromatic heterocycles. The molecular formula is C10H16N6O2. The van der Waals surface area contributed by atoms with Crippen LogP contribution in [0.15, 0.2) is 8.94 Å². The summed E-state index contributed by atoms with van der Waals surface area (Å²) in [6, 6.07) is 0.716. The summed E-state index contributed by atoms with van der Waals surface area (Å²) in [5.41, 5.74) is 0. The Morgan fingerprint density at radius 2 is 2.06 bits per heavy atom. The van der Waals surface area contributed by atoms with Crippen LogP contribution in [0.5, 0.6) is 0 Å². The van der Waals surface area contributed by atoms with Crippen molar-refractivity contribution >= 4 is 6.01 Å². The maximum absolute atomic E-state index is 5.38. The van der Waals surface area contributed by atoms with Gasteiger partial charge in [0.25, 0.3) is 0 Å². The van der Waals surface area contributed by atoms with Crippen molar-refractivity contribution in [1.29, 1.82) is 0 Å². The highest BCUT2D eigenvalue weighted by Gasteiger charge is 2.07. The van der Waals surface area contributed by atoms with Crippen LogP contribution in [0, 0.1) is 6.92 Å². The molecule has 2 heterocycles. The Morgan fingerprint density at radius 1 is 1.22 bits per heavy atom. The van der Waals surface area contributed by atoms with Gasteiger partial charge in [-0.3, -0.25) is 0 Å². The standard InChI is InChI=1S/C10H16N6O2/c1-6(2)11-5-9-14-15-10(17-9)12-4-8-13-7(3)18-16-8/h6,11H,4-5H2,1-3H3,(H,12,15). The number of rotatable bonds is 6. The van der Waals surface area contributed by atoms with Crippen molar-refractivity contribution in [3.8, 4) is 0 Å². The minimum atomic E-state index is 0.345. The lowest BCUT2D eigenvalue weighted by Crippen LogP contribution is -2.21. The Balaban J connectivity index is 1.83. The zero-order valence-corrected chi connectivity index (χ0v) is 10.6. The molecule has 0 aliphatic heterocycles. The highest BCUT2D eigenvalue weighted by molar-refractivity contribution is 5.17. The summed E-state index contributed by atoms with van der Waals surface area (Å²) in [6.07, 6.45) is 0. The van der Waals surface area contributed by atoms with Gasteiger partial charge in [0.2, 0.25) is 11.8 Å². The van der Waals surface area contributed by atoms with Crippen LogP contribution in [0.1, 0.15) is 31.5 Å². The zero-order valence-electron chi connectivity index (χ0n) is 10.6. The van der Waals surface area contributed by atoms with E-state index < -0.39 is 0 Å². The van der Waals surface area contributed by atoms with E-state index in [0.717, 1.165) is 0 Å². The second kappa shape index (κ2) is 5.58. The molecule has 0 unspecified atom stereocenters. The Bertz CT molecular complexity index is 492. The van der Waals surface area contributed by atoms with Gasteiger partial charge in [0.1, 0.15) is 0 Å². The highest BCUT2D eigenvalue weighted by atomic mass is 16.5.